The second kappa shape index (κ2) is 4.55. The van der Waals surface area contributed by atoms with E-state index >= 15 is 0 Å². The molecule has 0 aliphatic carbocycles. The molecule has 0 spiro atoms. The molecule has 1 unspecified atom stereocenters. The Balaban J connectivity index is 2.15. The smallest absolute Gasteiger partial charge is 0.330 e. The standard InChI is InChI=1S/C12H12N4O4S/c13-12-10(16(17)18)7-14-15(12)9-5-6-21(19,20)11-4-2-1-3-8(9)11/h1-4,7,9H,5-6,13H2. The molecular weight excluding hydrogens is 296 g/mol. The number of fused-ring (bicyclic) bond motifs is 1. The average Bonchev–Trinajstić information content (AvgIpc) is 2.81. The lowest BCUT2D eigenvalue weighted by Gasteiger charge is -2.26. The molecule has 0 fully saturated rings. The lowest BCUT2D eigenvalue weighted by atomic mass is 10.0. The SMILES string of the molecule is Nc1c([N+](=O)[O-])cnn1C1CCS(=O)(=O)c2ccccc21. The van der Waals surface area contributed by atoms with Crippen molar-refractivity contribution in [3.63, 3.8) is 0 Å². The predicted molar refractivity (Wildman–Crippen MR) is 74.5 cm³/mol. The van der Waals surface area contributed by atoms with E-state index in [4.69, 9.17) is 5.73 Å². The highest BCUT2D eigenvalue weighted by molar-refractivity contribution is 7.91. The number of sulfone groups is 1. The molecule has 9 heteroatoms. The first-order chi connectivity index (χ1) is 9.92. The van der Waals surface area contributed by atoms with Crippen LogP contribution in [-0.2, 0) is 9.84 Å². The van der Waals surface area contributed by atoms with Crippen LogP contribution < -0.4 is 5.73 Å². The van der Waals surface area contributed by atoms with Gasteiger partial charge in [0.05, 0.1) is 21.6 Å². The molecule has 1 atom stereocenters. The van der Waals surface area contributed by atoms with Crippen LogP contribution in [0.25, 0.3) is 0 Å². The predicted octanol–water partition coefficient (Wildman–Crippen LogP) is 1.14. The third-order valence-corrected chi connectivity index (χ3v) is 5.39. The van der Waals surface area contributed by atoms with Gasteiger partial charge in [-0.2, -0.15) is 5.10 Å². The molecule has 3 rings (SSSR count). The fourth-order valence-corrected chi connectivity index (χ4v) is 4.18. The molecule has 1 aromatic carbocycles. The Bertz CT molecular complexity index is 828. The summed E-state index contributed by atoms with van der Waals surface area (Å²) in [5.41, 5.74) is 6.06. The number of rotatable bonds is 2. The van der Waals surface area contributed by atoms with Gasteiger partial charge < -0.3 is 5.73 Å². The average molecular weight is 308 g/mol. The van der Waals surface area contributed by atoms with Crippen molar-refractivity contribution >= 4 is 21.3 Å². The molecule has 2 heterocycles. The van der Waals surface area contributed by atoms with Crippen molar-refractivity contribution in [3.05, 3.63) is 46.1 Å². The molecular formula is C12H12N4O4S. The number of anilines is 1. The first-order valence-corrected chi connectivity index (χ1v) is 7.86. The molecule has 2 aromatic rings. The number of nitrogen functional groups attached to an aromatic ring is 1. The van der Waals surface area contributed by atoms with Crippen LogP contribution in [0.3, 0.4) is 0 Å². The van der Waals surface area contributed by atoms with Crippen molar-refractivity contribution < 1.29 is 13.3 Å². The topological polar surface area (TPSA) is 121 Å². The molecule has 1 aliphatic rings. The fraction of sp³-hybridized carbons (Fsp3) is 0.250. The molecule has 0 amide bonds. The summed E-state index contributed by atoms with van der Waals surface area (Å²) < 4.78 is 25.5. The minimum Gasteiger partial charge on any atom is -0.378 e. The van der Waals surface area contributed by atoms with Crippen LogP contribution in [0.15, 0.2) is 35.4 Å². The summed E-state index contributed by atoms with van der Waals surface area (Å²) in [6.45, 7) is 0. The van der Waals surface area contributed by atoms with Crippen LogP contribution in [0, 0.1) is 10.1 Å². The van der Waals surface area contributed by atoms with Gasteiger partial charge in [0.25, 0.3) is 0 Å². The largest absolute Gasteiger partial charge is 0.378 e. The van der Waals surface area contributed by atoms with Gasteiger partial charge in [0.1, 0.15) is 6.20 Å². The van der Waals surface area contributed by atoms with E-state index in [-0.39, 0.29) is 28.6 Å². The Morgan fingerprint density at radius 1 is 1.38 bits per heavy atom. The van der Waals surface area contributed by atoms with E-state index in [1.54, 1.807) is 18.2 Å². The number of aromatic nitrogens is 2. The zero-order valence-corrected chi connectivity index (χ0v) is 11.7. The zero-order valence-electron chi connectivity index (χ0n) is 10.8. The van der Waals surface area contributed by atoms with Gasteiger partial charge in [-0.25, -0.2) is 13.1 Å². The van der Waals surface area contributed by atoms with Gasteiger partial charge in [-0.05, 0) is 18.1 Å². The second-order valence-corrected chi connectivity index (χ2v) is 6.86. The number of benzene rings is 1. The minimum absolute atomic E-state index is 0.0399. The number of nitrogens with two attached hydrogens (primary N) is 1. The van der Waals surface area contributed by atoms with Crippen molar-refractivity contribution in [1.29, 1.82) is 0 Å². The monoisotopic (exact) mass is 308 g/mol. The summed E-state index contributed by atoms with van der Waals surface area (Å²) in [6, 6.07) is 6.17. The molecule has 110 valence electrons. The van der Waals surface area contributed by atoms with Crippen LogP contribution in [0.5, 0.6) is 0 Å². The third kappa shape index (κ3) is 2.05. The summed E-state index contributed by atoms with van der Waals surface area (Å²) in [6.07, 6.45) is 1.36. The Labute approximate surface area is 120 Å². The van der Waals surface area contributed by atoms with E-state index in [2.05, 4.69) is 5.10 Å². The van der Waals surface area contributed by atoms with Gasteiger partial charge >= 0.3 is 5.69 Å². The molecule has 1 aliphatic heterocycles. The van der Waals surface area contributed by atoms with Crippen LogP contribution in [0.4, 0.5) is 11.5 Å². The summed E-state index contributed by atoms with van der Waals surface area (Å²) >= 11 is 0. The van der Waals surface area contributed by atoms with Gasteiger partial charge in [-0.15, -0.1) is 0 Å². The summed E-state index contributed by atoms with van der Waals surface area (Å²) in [5, 5.41) is 14.8. The van der Waals surface area contributed by atoms with E-state index in [0.29, 0.717) is 5.56 Å². The highest BCUT2D eigenvalue weighted by atomic mass is 32.2. The lowest BCUT2D eigenvalue weighted by molar-refractivity contribution is -0.384. The number of hydrogen-bond donors (Lipinski definition) is 1. The van der Waals surface area contributed by atoms with Gasteiger partial charge in [0.2, 0.25) is 5.82 Å². The van der Waals surface area contributed by atoms with Crippen LogP contribution >= 0.6 is 0 Å². The third-order valence-electron chi connectivity index (χ3n) is 3.58. The van der Waals surface area contributed by atoms with E-state index in [0.717, 1.165) is 6.20 Å². The maximum Gasteiger partial charge on any atom is 0.330 e. The first kappa shape index (κ1) is 13.6. The van der Waals surface area contributed by atoms with Gasteiger partial charge in [-0.1, -0.05) is 18.2 Å². The van der Waals surface area contributed by atoms with Crippen LogP contribution in [-0.4, -0.2) is 28.9 Å². The maximum atomic E-state index is 12.1. The van der Waals surface area contributed by atoms with Crippen LogP contribution in [0.2, 0.25) is 0 Å². The van der Waals surface area contributed by atoms with Crippen molar-refractivity contribution in [2.75, 3.05) is 11.5 Å². The molecule has 0 bridgehead atoms. The van der Waals surface area contributed by atoms with E-state index in [1.165, 1.54) is 10.7 Å². The minimum atomic E-state index is -3.32. The van der Waals surface area contributed by atoms with Gasteiger partial charge in [0, 0.05) is 0 Å². The second-order valence-electron chi connectivity index (χ2n) is 4.78. The molecule has 0 saturated heterocycles. The summed E-state index contributed by atoms with van der Waals surface area (Å²) in [4.78, 5) is 10.5. The molecule has 0 saturated carbocycles. The Morgan fingerprint density at radius 3 is 2.76 bits per heavy atom. The van der Waals surface area contributed by atoms with E-state index < -0.39 is 20.8 Å². The summed E-state index contributed by atoms with van der Waals surface area (Å²) in [7, 11) is -3.32. The molecule has 21 heavy (non-hydrogen) atoms. The van der Waals surface area contributed by atoms with Crippen molar-refractivity contribution in [1.82, 2.24) is 9.78 Å². The number of nitro groups is 1. The van der Waals surface area contributed by atoms with Gasteiger partial charge in [0.15, 0.2) is 9.84 Å². The Morgan fingerprint density at radius 2 is 2.10 bits per heavy atom. The Kier molecular flexibility index (Phi) is 2.94. The highest BCUT2D eigenvalue weighted by Gasteiger charge is 2.33. The van der Waals surface area contributed by atoms with Gasteiger partial charge in [-0.3, -0.25) is 10.1 Å². The number of hydrogen-bond acceptors (Lipinski definition) is 6. The molecule has 0 radical (unpaired) electrons. The normalized spacial score (nSPS) is 19.9. The fourth-order valence-electron chi connectivity index (χ4n) is 2.58. The zero-order chi connectivity index (χ0) is 15.2. The van der Waals surface area contributed by atoms with Crippen molar-refractivity contribution in [2.45, 2.75) is 17.4 Å². The highest BCUT2D eigenvalue weighted by Crippen LogP contribution is 2.37. The quantitative estimate of drug-likeness (QED) is 0.656. The lowest BCUT2D eigenvalue weighted by Crippen LogP contribution is -2.25. The first-order valence-electron chi connectivity index (χ1n) is 6.21. The summed E-state index contributed by atoms with van der Waals surface area (Å²) in [5.74, 6) is -0.110. The Hall–Kier alpha value is -2.42. The van der Waals surface area contributed by atoms with E-state index in [9.17, 15) is 18.5 Å². The maximum absolute atomic E-state index is 12.1. The number of nitrogens with zero attached hydrogens (tertiary/aromatic N) is 3. The van der Waals surface area contributed by atoms with Crippen LogP contribution in [0.1, 0.15) is 18.0 Å². The molecule has 2 N–H and O–H groups in total. The molecule has 8 nitrogen and oxygen atoms in total. The molecule has 1 aromatic heterocycles. The van der Waals surface area contributed by atoms with Crippen molar-refractivity contribution in [2.24, 2.45) is 0 Å². The van der Waals surface area contributed by atoms with E-state index in [1.807, 2.05) is 0 Å². The van der Waals surface area contributed by atoms with Crippen molar-refractivity contribution in [3.8, 4) is 0 Å².